The molecule has 15 heavy (non-hydrogen) atoms. The van der Waals surface area contributed by atoms with Crippen molar-refractivity contribution in [3.8, 4) is 0 Å². The topological polar surface area (TPSA) is 32.6 Å². The summed E-state index contributed by atoms with van der Waals surface area (Å²) in [4.78, 5) is 0. The summed E-state index contributed by atoms with van der Waals surface area (Å²) < 4.78 is 0. The van der Waals surface area contributed by atoms with Gasteiger partial charge in [0, 0.05) is 0 Å². The van der Waals surface area contributed by atoms with Crippen LogP contribution in [0.1, 0.15) is 49.1 Å². The maximum atomic E-state index is 8.61. The van der Waals surface area contributed by atoms with Crippen LogP contribution in [-0.2, 0) is 0 Å². The minimum atomic E-state index is 0.660. The van der Waals surface area contributed by atoms with Crippen molar-refractivity contribution >= 4 is 6.21 Å². The van der Waals surface area contributed by atoms with E-state index in [0.29, 0.717) is 5.92 Å². The Morgan fingerprint density at radius 3 is 2.60 bits per heavy atom. The zero-order chi connectivity index (χ0) is 10.5. The van der Waals surface area contributed by atoms with Crippen LogP contribution in [0.25, 0.3) is 0 Å². The SMILES string of the molecule is ON=Cc1ccccc1C1CCCCC1. The van der Waals surface area contributed by atoms with E-state index >= 15 is 0 Å². The van der Waals surface area contributed by atoms with Crippen molar-refractivity contribution in [2.24, 2.45) is 5.16 Å². The minimum Gasteiger partial charge on any atom is -0.411 e. The molecule has 0 unspecified atom stereocenters. The van der Waals surface area contributed by atoms with E-state index in [1.165, 1.54) is 37.7 Å². The van der Waals surface area contributed by atoms with Gasteiger partial charge in [-0.25, -0.2) is 0 Å². The van der Waals surface area contributed by atoms with E-state index in [1.54, 1.807) is 6.21 Å². The minimum absolute atomic E-state index is 0.660. The molecule has 1 aromatic carbocycles. The fourth-order valence-electron chi connectivity index (χ4n) is 2.48. The van der Waals surface area contributed by atoms with Gasteiger partial charge in [-0.1, -0.05) is 48.7 Å². The first-order valence-electron chi connectivity index (χ1n) is 5.68. The van der Waals surface area contributed by atoms with Crippen LogP contribution in [0.15, 0.2) is 29.4 Å². The zero-order valence-electron chi connectivity index (χ0n) is 8.89. The Labute approximate surface area is 90.6 Å². The lowest BCUT2D eigenvalue weighted by atomic mass is 9.82. The van der Waals surface area contributed by atoms with E-state index in [0.717, 1.165) is 5.56 Å². The fourth-order valence-corrected chi connectivity index (χ4v) is 2.48. The molecule has 2 rings (SSSR count). The summed E-state index contributed by atoms with van der Waals surface area (Å²) >= 11 is 0. The molecule has 0 amide bonds. The average molecular weight is 203 g/mol. The van der Waals surface area contributed by atoms with Crippen molar-refractivity contribution in [2.75, 3.05) is 0 Å². The van der Waals surface area contributed by atoms with Gasteiger partial charge in [0.1, 0.15) is 0 Å². The van der Waals surface area contributed by atoms with Gasteiger partial charge >= 0.3 is 0 Å². The van der Waals surface area contributed by atoms with Gasteiger partial charge in [-0.2, -0.15) is 0 Å². The van der Waals surface area contributed by atoms with Crippen molar-refractivity contribution in [2.45, 2.75) is 38.0 Å². The number of nitrogens with zero attached hydrogens (tertiary/aromatic N) is 1. The second-order valence-corrected chi connectivity index (χ2v) is 4.21. The van der Waals surface area contributed by atoms with Crippen molar-refractivity contribution in [1.29, 1.82) is 0 Å². The van der Waals surface area contributed by atoms with Crippen molar-refractivity contribution in [3.63, 3.8) is 0 Å². The molecule has 1 saturated carbocycles. The lowest BCUT2D eigenvalue weighted by Gasteiger charge is -2.23. The first kappa shape index (κ1) is 10.2. The molecule has 2 heteroatoms. The van der Waals surface area contributed by atoms with Crippen LogP contribution >= 0.6 is 0 Å². The van der Waals surface area contributed by atoms with Crippen molar-refractivity contribution in [1.82, 2.24) is 0 Å². The molecule has 0 aliphatic heterocycles. The molecular weight excluding hydrogens is 186 g/mol. The van der Waals surface area contributed by atoms with Crippen LogP contribution in [0.2, 0.25) is 0 Å². The van der Waals surface area contributed by atoms with Crippen LogP contribution in [0.4, 0.5) is 0 Å². The van der Waals surface area contributed by atoms with E-state index in [-0.39, 0.29) is 0 Å². The molecule has 2 nitrogen and oxygen atoms in total. The highest BCUT2D eigenvalue weighted by Crippen LogP contribution is 2.33. The summed E-state index contributed by atoms with van der Waals surface area (Å²) in [5.74, 6) is 0.660. The highest BCUT2D eigenvalue weighted by Gasteiger charge is 2.17. The van der Waals surface area contributed by atoms with Gasteiger partial charge in [0.15, 0.2) is 0 Å². The van der Waals surface area contributed by atoms with E-state index in [4.69, 9.17) is 5.21 Å². The number of benzene rings is 1. The second kappa shape index (κ2) is 4.96. The Bertz CT molecular complexity index is 340. The maximum absolute atomic E-state index is 8.61. The third kappa shape index (κ3) is 2.38. The van der Waals surface area contributed by atoms with Crippen LogP contribution in [-0.4, -0.2) is 11.4 Å². The van der Waals surface area contributed by atoms with E-state index in [1.807, 2.05) is 12.1 Å². The van der Waals surface area contributed by atoms with Gasteiger partial charge in [-0.15, -0.1) is 0 Å². The molecule has 1 aliphatic rings. The summed E-state index contributed by atoms with van der Waals surface area (Å²) in [7, 11) is 0. The van der Waals surface area contributed by atoms with E-state index in [2.05, 4.69) is 17.3 Å². The summed E-state index contributed by atoms with van der Waals surface area (Å²) in [6.07, 6.45) is 8.12. The number of hydrogen-bond acceptors (Lipinski definition) is 2. The highest BCUT2D eigenvalue weighted by molar-refractivity contribution is 5.81. The van der Waals surface area contributed by atoms with Crippen LogP contribution in [0, 0.1) is 0 Å². The Morgan fingerprint density at radius 2 is 1.87 bits per heavy atom. The third-order valence-corrected chi connectivity index (χ3v) is 3.24. The molecular formula is C13H17NO. The number of hydrogen-bond donors (Lipinski definition) is 1. The van der Waals surface area contributed by atoms with Gasteiger partial charge in [0.2, 0.25) is 0 Å². The van der Waals surface area contributed by atoms with E-state index < -0.39 is 0 Å². The van der Waals surface area contributed by atoms with Crippen molar-refractivity contribution in [3.05, 3.63) is 35.4 Å². The average Bonchev–Trinajstić information content (AvgIpc) is 2.31. The summed E-state index contributed by atoms with van der Waals surface area (Å²) in [6.45, 7) is 0. The maximum Gasteiger partial charge on any atom is 0.0736 e. The van der Waals surface area contributed by atoms with Crippen LogP contribution < -0.4 is 0 Å². The standard InChI is InChI=1S/C13H17NO/c15-14-10-12-8-4-5-9-13(12)11-6-2-1-3-7-11/h4-5,8-11,15H,1-3,6-7H2. The molecule has 0 aromatic heterocycles. The Hall–Kier alpha value is -1.31. The molecule has 0 bridgehead atoms. The number of oxime groups is 1. The Balaban J connectivity index is 2.25. The monoisotopic (exact) mass is 203 g/mol. The fraction of sp³-hybridized carbons (Fsp3) is 0.462. The Kier molecular flexibility index (Phi) is 3.38. The normalized spacial score (nSPS) is 18.4. The third-order valence-electron chi connectivity index (χ3n) is 3.24. The van der Waals surface area contributed by atoms with Gasteiger partial charge in [0.25, 0.3) is 0 Å². The predicted octanol–water partition coefficient (Wildman–Crippen LogP) is 3.54. The first-order valence-corrected chi connectivity index (χ1v) is 5.68. The first-order chi connectivity index (χ1) is 7.42. The van der Waals surface area contributed by atoms with Crippen LogP contribution in [0.3, 0.4) is 0 Å². The summed E-state index contributed by atoms with van der Waals surface area (Å²) in [6, 6.07) is 8.23. The lowest BCUT2D eigenvalue weighted by molar-refractivity contribution is 0.321. The Morgan fingerprint density at radius 1 is 1.13 bits per heavy atom. The zero-order valence-corrected chi connectivity index (χ0v) is 8.89. The molecule has 0 saturated heterocycles. The molecule has 1 aromatic rings. The van der Waals surface area contributed by atoms with Crippen LogP contribution in [0.5, 0.6) is 0 Å². The lowest BCUT2D eigenvalue weighted by Crippen LogP contribution is -2.07. The molecule has 80 valence electrons. The number of rotatable bonds is 2. The second-order valence-electron chi connectivity index (χ2n) is 4.21. The molecule has 1 aliphatic carbocycles. The molecule has 0 radical (unpaired) electrons. The largest absolute Gasteiger partial charge is 0.411 e. The predicted molar refractivity (Wildman–Crippen MR) is 61.6 cm³/mol. The quantitative estimate of drug-likeness (QED) is 0.445. The van der Waals surface area contributed by atoms with E-state index in [9.17, 15) is 0 Å². The van der Waals surface area contributed by atoms with Gasteiger partial charge < -0.3 is 5.21 Å². The van der Waals surface area contributed by atoms with Gasteiger partial charge in [0.05, 0.1) is 6.21 Å². The van der Waals surface area contributed by atoms with Gasteiger partial charge in [-0.05, 0) is 29.9 Å². The smallest absolute Gasteiger partial charge is 0.0736 e. The molecule has 1 N–H and O–H groups in total. The highest BCUT2D eigenvalue weighted by atomic mass is 16.4. The summed E-state index contributed by atoms with van der Waals surface area (Å²) in [5.41, 5.74) is 2.40. The summed E-state index contributed by atoms with van der Waals surface area (Å²) in [5, 5.41) is 11.7. The molecule has 0 atom stereocenters. The molecule has 0 heterocycles. The van der Waals surface area contributed by atoms with Gasteiger partial charge in [-0.3, -0.25) is 0 Å². The van der Waals surface area contributed by atoms with Crippen molar-refractivity contribution < 1.29 is 5.21 Å². The molecule has 1 fully saturated rings. The molecule has 0 spiro atoms.